The van der Waals surface area contributed by atoms with Gasteiger partial charge in [0.2, 0.25) is 0 Å². The van der Waals surface area contributed by atoms with Gasteiger partial charge in [-0.3, -0.25) is 14.6 Å². The van der Waals surface area contributed by atoms with Gasteiger partial charge in [-0.15, -0.1) is 0 Å². The van der Waals surface area contributed by atoms with Crippen LogP contribution in [0.5, 0.6) is 0 Å². The molecule has 1 fully saturated rings. The first-order chi connectivity index (χ1) is 12.2. The molecule has 0 radical (unpaired) electrons. The van der Waals surface area contributed by atoms with Crippen LogP contribution in [-0.4, -0.2) is 60.8 Å². The predicted molar refractivity (Wildman–Crippen MR) is 99.8 cm³/mol. The summed E-state index contributed by atoms with van der Waals surface area (Å²) in [6.45, 7) is 6.94. The maximum absolute atomic E-state index is 12.8. The summed E-state index contributed by atoms with van der Waals surface area (Å²) in [7, 11) is -3.08. The lowest BCUT2D eigenvalue weighted by atomic mass is 10.1. The Morgan fingerprint density at radius 2 is 2.12 bits per heavy atom. The molecule has 2 amide bonds. The highest BCUT2D eigenvalue weighted by molar-refractivity contribution is 7.91. The molecule has 1 saturated heterocycles. The van der Waals surface area contributed by atoms with E-state index in [9.17, 15) is 18.0 Å². The Labute approximate surface area is 155 Å². The van der Waals surface area contributed by atoms with Crippen molar-refractivity contribution >= 4 is 21.7 Å². The standard InChI is InChI=1S/C18H27N3O4S/c1-4-21(15-7-10-26(24,25)12-15)18(23)16-11-14(6-9-19-16)17(22)20-8-5-13(2)3/h6,9,11,13,15H,4-5,7-8,10,12H2,1-3H3,(H,20,22). The summed E-state index contributed by atoms with van der Waals surface area (Å²) < 4.78 is 23.4. The van der Waals surface area contributed by atoms with Gasteiger partial charge in [-0.05, 0) is 37.8 Å². The first kappa shape index (κ1) is 20.4. The van der Waals surface area contributed by atoms with Gasteiger partial charge in [0.25, 0.3) is 11.8 Å². The molecule has 0 saturated carbocycles. The van der Waals surface area contributed by atoms with Crippen LogP contribution in [0.2, 0.25) is 0 Å². The van der Waals surface area contributed by atoms with Crippen LogP contribution < -0.4 is 5.32 Å². The molecular formula is C18H27N3O4S. The molecule has 1 aliphatic heterocycles. The number of sulfone groups is 1. The van der Waals surface area contributed by atoms with E-state index in [1.165, 1.54) is 17.2 Å². The molecule has 144 valence electrons. The summed E-state index contributed by atoms with van der Waals surface area (Å²) in [5.74, 6) is 0.000452. The molecular weight excluding hydrogens is 354 g/mol. The van der Waals surface area contributed by atoms with Gasteiger partial charge in [0.15, 0.2) is 9.84 Å². The van der Waals surface area contributed by atoms with E-state index in [0.29, 0.717) is 31.0 Å². The molecule has 1 aromatic rings. The zero-order valence-electron chi connectivity index (χ0n) is 15.6. The van der Waals surface area contributed by atoms with Crippen molar-refractivity contribution in [2.75, 3.05) is 24.6 Å². The van der Waals surface area contributed by atoms with Gasteiger partial charge in [-0.2, -0.15) is 0 Å². The van der Waals surface area contributed by atoms with Crippen LogP contribution in [-0.2, 0) is 9.84 Å². The summed E-state index contributed by atoms with van der Waals surface area (Å²) in [5.41, 5.74) is 0.537. The lowest BCUT2D eigenvalue weighted by Gasteiger charge is -2.26. The number of aromatic nitrogens is 1. The SMILES string of the molecule is CCN(C(=O)c1cc(C(=O)NCCC(C)C)ccn1)C1CCS(=O)(=O)C1. The van der Waals surface area contributed by atoms with Crippen molar-refractivity contribution in [1.29, 1.82) is 0 Å². The van der Waals surface area contributed by atoms with Crippen molar-refractivity contribution in [2.45, 2.75) is 39.7 Å². The van der Waals surface area contributed by atoms with Gasteiger partial charge in [0, 0.05) is 30.9 Å². The third-order valence-electron chi connectivity index (χ3n) is 4.50. The van der Waals surface area contributed by atoms with E-state index in [2.05, 4.69) is 24.1 Å². The average molecular weight is 381 g/mol. The number of hydrogen-bond donors (Lipinski definition) is 1. The van der Waals surface area contributed by atoms with Gasteiger partial charge in [0.05, 0.1) is 11.5 Å². The third kappa shape index (κ3) is 5.27. The first-order valence-electron chi connectivity index (χ1n) is 8.99. The van der Waals surface area contributed by atoms with Crippen LogP contribution in [0.4, 0.5) is 0 Å². The highest BCUT2D eigenvalue weighted by Crippen LogP contribution is 2.19. The molecule has 2 heterocycles. The molecule has 1 atom stereocenters. The molecule has 0 bridgehead atoms. The van der Waals surface area contributed by atoms with E-state index in [1.54, 1.807) is 6.07 Å². The van der Waals surface area contributed by atoms with Gasteiger partial charge in [0.1, 0.15) is 5.69 Å². The molecule has 1 N–H and O–H groups in total. The van der Waals surface area contributed by atoms with Crippen molar-refractivity contribution in [1.82, 2.24) is 15.2 Å². The normalized spacial score (nSPS) is 18.7. The minimum absolute atomic E-state index is 0.0119. The van der Waals surface area contributed by atoms with Crippen LogP contribution >= 0.6 is 0 Å². The largest absolute Gasteiger partial charge is 0.352 e. The lowest BCUT2D eigenvalue weighted by molar-refractivity contribution is 0.0702. The fraction of sp³-hybridized carbons (Fsp3) is 0.611. The van der Waals surface area contributed by atoms with E-state index in [-0.39, 0.29) is 35.1 Å². The van der Waals surface area contributed by atoms with Crippen LogP contribution in [0, 0.1) is 5.92 Å². The van der Waals surface area contributed by atoms with Crippen LogP contribution in [0.25, 0.3) is 0 Å². The molecule has 0 aromatic carbocycles. The summed E-state index contributed by atoms with van der Waals surface area (Å²) >= 11 is 0. The second-order valence-corrected chi connectivity index (χ2v) is 9.24. The van der Waals surface area contributed by atoms with Gasteiger partial charge < -0.3 is 10.2 Å². The molecule has 1 aliphatic rings. The van der Waals surface area contributed by atoms with Gasteiger partial charge in [-0.1, -0.05) is 13.8 Å². The Bertz CT molecular complexity index is 761. The van der Waals surface area contributed by atoms with E-state index >= 15 is 0 Å². The van der Waals surface area contributed by atoms with Crippen molar-refractivity contribution in [3.63, 3.8) is 0 Å². The highest BCUT2D eigenvalue weighted by Gasteiger charge is 2.34. The molecule has 0 aliphatic carbocycles. The van der Waals surface area contributed by atoms with Gasteiger partial charge in [-0.25, -0.2) is 8.42 Å². The Kier molecular flexibility index (Phi) is 6.75. The third-order valence-corrected chi connectivity index (χ3v) is 6.25. The summed E-state index contributed by atoms with van der Waals surface area (Å²) in [6, 6.07) is 2.71. The quantitative estimate of drug-likeness (QED) is 0.772. The monoisotopic (exact) mass is 381 g/mol. The number of pyridine rings is 1. The second-order valence-electron chi connectivity index (χ2n) is 7.02. The summed E-state index contributed by atoms with van der Waals surface area (Å²) in [6.07, 6.45) is 2.75. The minimum atomic E-state index is -3.08. The smallest absolute Gasteiger partial charge is 0.272 e. The van der Waals surface area contributed by atoms with E-state index in [4.69, 9.17) is 0 Å². The topological polar surface area (TPSA) is 96.4 Å². The number of amides is 2. The number of hydrogen-bond acceptors (Lipinski definition) is 5. The zero-order valence-corrected chi connectivity index (χ0v) is 16.4. The maximum Gasteiger partial charge on any atom is 0.272 e. The zero-order chi connectivity index (χ0) is 19.3. The molecule has 0 spiro atoms. The van der Waals surface area contributed by atoms with Crippen LogP contribution in [0.3, 0.4) is 0 Å². The molecule has 8 heteroatoms. The molecule has 7 nitrogen and oxygen atoms in total. The minimum Gasteiger partial charge on any atom is -0.352 e. The van der Waals surface area contributed by atoms with Crippen LogP contribution in [0.1, 0.15) is 54.5 Å². The van der Waals surface area contributed by atoms with E-state index in [1.807, 2.05) is 6.92 Å². The number of nitrogens with one attached hydrogen (secondary N) is 1. The average Bonchev–Trinajstić information content (AvgIpc) is 2.94. The van der Waals surface area contributed by atoms with Crippen molar-refractivity contribution in [3.05, 3.63) is 29.6 Å². The number of rotatable bonds is 7. The predicted octanol–water partition coefficient (Wildman–Crippen LogP) is 1.51. The van der Waals surface area contributed by atoms with Crippen molar-refractivity contribution in [2.24, 2.45) is 5.92 Å². The fourth-order valence-corrected chi connectivity index (χ4v) is 4.73. The van der Waals surface area contributed by atoms with E-state index < -0.39 is 9.84 Å². The van der Waals surface area contributed by atoms with Crippen molar-refractivity contribution in [3.8, 4) is 0 Å². The van der Waals surface area contributed by atoms with Gasteiger partial charge >= 0.3 is 0 Å². The summed E-state index contributed by atoms with van der Waals surface area (Å²) in [5, 5.41) is 2.83. The molecule has 1 aromatic heterocycles. The highest BCUT2D eigenvalue weighted by atomic mass is 32.2. The molecule has 26 heavy (non-hydrogen) atoms. The fourth-order valence-electron chi connectivity index (χ4n) is 3.00. The Morgan fingerprint density at radius 1 is 1.38 bits per heavy atom. The number of carbonyl (C=O) groups excluding carboxylic acids is 2. The number of nitrogens with zero attached hydrogens (tertiary/aromatic N) is 2. The number of carbonyl (C=O) groups is 2. The molecule has 2 rings (SSSR count). The Morgan fingerprint density at radius 3 is 2.69 bits per heavy atom. The van der Waals surface area contributed by atoms with Crippen LogP contribution in [0.15, 0.2) is 18.3 Å². The molecule has 1 unspecified atom stereocenters. The van der Waals surface area contributed by atoms with E-state index in [0.717, 1.165) is 6.42 Å². The Balaban J connectivity index is 2.10. The lowest BCUT2D eigenvalue weighted by Crippen LogP contribution is -2.41. The maximum atomic E-state index is 12.8. The first-order valence-corrected chi connectivity index (χ1v) is 10.8. The van der Waals surface area contributed by atoms with Crippen molar-refractivity contribution < 1.29 is 18.0 Å². The second kappa shape index (κ2) is 8.62. The summed E-state index contributed by atoms with van der Waals surface area (Å²) in [4.78, 5) is 30.6. The Hall–Kier alpha value is -1.96.